The zero-order valence-electron chi connectivity index (χ0n) is 16.3. The number of ether oxygens (including phenoxy) is 1. The Morgan fingerprint density at radius 2 is 1.63 bits per heavy atom. The molecule has 0 N–H and O–H groups in total. The molecule has 2 aliphatic rings. The zero-order valence-corrected chi connectivity index (χ0v) is 16.3. The van der Waals surface area contributed by atoms with E-state index in [9.17, 15) is 18.0 Å². The van der Waals surface area contributed by atoms with E-state index in [0.29, 0.717) is 32.1 Å². The summed E-state index contributed by atoms with van der Waals surface area (Å²) >= 11 is 0. The third-order valence-electron chi connectivity index (χ3n) is 5.25. The molecule has 0 spiro atoms. The number of hydrogen-bond acceptors (Lipinski definition) is 6. The lowest BCUT2D eigenvalue weighted by Gasteiger charge is -2.35. The normalized spacial score (nSPS) is 17.4. The van der Waals surface area contributed by atoms with Gasteiger partial charge in [0.25, 0.3) is 5.91 Å². The maximum Gasteiger partial charge on any atom is 0.573 e. The minimum absolute atomic E-state index is 0.0957. The molecule has 1 amide bonds. The molecule has 0 unspecified atom stereocenters. The van der Waals surface area contributed by atoms with Crippen molar-refractivity contribution in [2.75, 3.05) is 49.1 Å². The predicted octanol–water partition coefficient (Wildman–Crippen LogP) is 2.94. The highest BCUT2D eigenvalue weighted by molar-refractivity contribution is 5.97. The molecular weight excluding hydrogens is 399 g/mol. The molecule has 0 bridgehead atoms. The van der Waals surface area contributed by atoms with Gasteiger partial charge in [0, 0.05) is 45.5 Å². The van der Waals surface area contributed by atoms with Crippen molar-refractivity contribution < 1.29 is 22.7 Å². The average molecular weight is 421 g/mol. The summed E-state index contributed by atoms with van der Waals surface area (Å²) in [6.45, 7) is 3.72. The third-order valence-corrected chi connectivity index (χ3v) is 5.25. The minimum atomic E-state index is -4.85. The number of hydrogen-bond donors (Lipinski definition) is 0. The number of piperazine rings is 1. The zero-order chi connectivity index (χ0) is 21.1. The number of aromatic nitrogens is 2. The number of alkyl halides is 3. The summed E-state index contributed by atoms with van der Waals surface area (Å²) in [7, 11) is 0. The number of benzene rings is 1. The van der Waals surface area contributed by atoms with E-state index in [1.165, 1.54) is 23.1 Å². The summed E-state index contributed by atoms with van der Waals surface area (Å²) < 4.78 is 41.9. The van der Waals surface area contributed by atoms with Crippen molar-refractivity contribution in [1.82, 2.24) is 14.9 Å². The Balaban J connectivity index is 1.42. The molecule has 4 rings (SSSR count). The number of carbonyl (C=O) groups excluding carboxylic acids is 1. The van der Waals surface area contributed by atoms with Crippen molar-refractivity contribution in [3.63, 3.8) is 0 Å². The van der Waals surface area contributed by atoms with Gasteiger partial charge in [-0.2, -0.15) is 4.98 Å². The molecular formula is C20H22F3N5O2. The van der Waals surface area contributed by atoms with Gasteiger partial charge < -0.3 is 19.4 Å². The number of anilines is 2. The lowest BCUT2D eigenvalue weighted by Crippen LogP contribution is -2.49. The van der Waals surface area contributed by atoms with Gasteiger partial charge in [-0.05, 0) is 31.0 Å². The summed E-state index contributed by atoms with van der Waals surface area (Å²) in [5.41, 5.74) is -0.0957. The van der Waals surface area contributed by atoms with E-state index in [-0.39, 0.29) is 5.56 Å². The highest BCUT2D eigenvalue weighted by atomic mass is 19.4. The Kier molecular flexibility index (Phi) is 5.65. The monoisotopic (exact) mass is 421 g/mol. The average Bonchev–Trinajstić information content (AvgIpc) is 3.28. The van der Waals surface area contributed by atoms with E-state index in [4.69, 9.17) is 0 Å². The molecule has 10 heteroatoms. The lowest BCUT2D eigenvalue weighted by molar-refractivity contribution is -0.274. The highest BCUT2D eigenvalue weighted by Gasteiger charge is 2.34. The van der Waals surface area contributed by atoms with Crippen LogP contribution in [0.1, 0.15) is 23.2 Å². The van der Waals surface area contributed by atoms with Crippen molar-refractivity contribution >= 4 is 17.7 Å². The first-order valence-corrected chi connectivity index (χ1v) is 9.88. The molecule has 7 nitrogen and oxygen atoms in total. The molecule has 2 aliphatic heterocycles. The first kappa shape index (κ1) is 20.2. The quantitative estimate of drug-likeness (QED) is 0.757. The van der Waals surface area contributed by atoms with Crippen LogP contribution in [0.25, 0.3) is 0 Å². The van der Waals surface area contributed by atoms with Gasteiger partial charge in [0.15, 0.2) is 0 Å². The highest BCUT2D eigenvalue weighted by Crippen LogP contribution is 2.28. The number of halogens is 3. The number of nitrogens with zero attached hydrogens (tertiary/aromatic N) is 5. The summed E-state index contributed by atoms with van der Waals surface area (Å²) in [6, 6.07) is 7.26. The van der Waals surface area contributed by atoms with Crippen molar-refractivity contribution in [1.29, 1.82) is 0 Å². The molecule has 30 heavy (non-hydrogen) atoms. The Bertz CT molecular complexity index is 894. The van der Waals surface area contributed by atoms with Crippen molar-refractivity contribution in [3.8, 4) is 5.75 Å². The molecule has 0 saturated carbocycles. The van der Waals surface area contributed by atoms with Crippen LogP contribution in [0.15, 0.2) is 36.5 Å². The lowest BCUT2D eigenvalue weighted by atomic mass is 10.1. The van der Waals surface area contributed by atoms with Gasteiger partial charge in [0.2, 0.25) is 5.95 Å². The summed E-state index contributed by atoms with van der Waals surface area (Å²) in [5, 5.41) is 0. The number of para-hydroxylation sites is 1. The topological polar surface area (TPSA) is 61.8 Å². The molecule has 2 fully saturated rings. The summed E-state index contributed by atoms with van der Waals surface area (Å²) in [5.74, 6) is 0.542. The Morgan fingerprint density at radius 1 is 0.933 bits per heavy atom. The van der Waals surface area contributed by atoms with E-state index in [1.807, 2.05) is 6.07 Å². The van der Waals surface area contributed by atoms with Gasteiger partial charge in [-0.3, -0.25) is 4.79 Å². The van der Waals surface area contributed by atoms with Crippen LogP contribution >= 0.6 is 0 Å². The Labute approximate surface area is 172 Å². The van der Waals surface area contributed by atoms with Crippen LogP contribution in [0.4, 0.5) is 24.9 Å². The molecule has 160 valence electrons. The van der Waals surface area contributed by atoms with Gasteiger partial charge in [-0.1, -0.05) is 12.1 Å². The summed E-state index contributed by atoms with van der Waals surface area (Å²) in [4.78, 5) is 27.6. The summed E-state index contributed by atoms with van der Waals surface area (Å²) in [6.07, 6.45) is -0.852. The van der Waals surface area contributed by atoms with E-state index in [2.05, 4.69) is 24.5 Å². The molecule has 0 radical (unpaired) electrons. The van der Waals surface area contributed by atoms with Crippen molar-refractivity contribution in [3.05, 3.63) is 42.1 Å². The molecule has 0 atom stereocenters. The minimum Gasteiger partial charge on any atom is -0.405 e. The van der Waals surface area contributed by atoms with Gasteiger partial charge in [-0.25, -0.2) is 4.98 Å². The maximum absolute atomic E-state index is 12.8. The standard InChI is InChI=1S/C20H22F3N5O2/c21-20(22,23)30-16-6-2-1-5-15(16)18(29)27-13-11-26(12-14-27)17-7-8-24-19(25-17)28-9-3-4-10-28/h1-2,5-8H,3-4,9-14H2. The van der Waals surface area contributed by atoms with E-state index in [1.54, 1.807) is 6.20 Å². The van der Waals surface area contributed by atoms with Gasteiger partial charge >= 0.3 is 6.36 Å². The fraction of sp³-hybridized carbons (Fsp3) is 0.450. The van der Waals surface area contributed by atoms with Crippen LogP contribution in [0, 0.1) is 0 Å². The van der Waals surface area contributed by atoms with E-state index >= 15 is 0 Å². The smallest absolute Gasteiger partial charge is 0.405 e. The number of rotatable bonds is 4. The van der Waals surface area contributed by atoms with Crippen molar-refractivity contribution in [2.24, 2.45) is 0 Å². The van der Waals surface area contributed by atoms with Gasteiger partial charge in [0.05, 0.1) is 5.56 Å². The van der Waals surface area contributed by atoms with Gasteiger partial charge in [0.1, 0.15) is 11.6 Å². The predicted molar refractivity (Wildman–Crippen MR) is 105 cm³/mol. The van der Waals surface area contributed by atoms with Crippen LogP contribution in [0.5, 0.6) is 5.75 Å². The first-order valence-electron chi connectivity index (χ1n) is 9.88. The van der Waals surface area contributed by atoms with Crippen LogP contribution in [-0.2, 0) is 0 Å². The van der Waals surface area contributed by atoms with Crippen LogP contribution < -0.4 is 14.5 Å². The molecule has 0 aliphatic carbocycles. The number of amides is 1. The van der Waals surface area contributed by atoms with Crippen LogP contribution in [0.3, 0.4) is 0 Å². The van der Waals surface area contributed by atoms with Crippen molar-refractivity contribution in [2.45, 2.75) is 19.2 Å². The second-order valence-corrected chi connectivity index (χ2v) is 7.23. The second kappa shape index (κ2) is 8.37. The van der Waals surface area contributed by atoms with E-state index in [0.717, 1.165) is 37.8 Å². The fourth-order valence-electron chi connectivity index (χ4n) is 3.75. The largest absolute Gasteiger partial charge is 0.573 e. The molecule has 1 aromatic heterocycles. The second-order valence-electron chi connectivity index (χ2n) is 7.23. The fourth-order valence-corrected chi connectivity index (χ4v) is 3.75. The van der Waals surface area contributed by atoms with Crippen LogP contribution in [0.2, 0.25) is 0 Å². The molecule has 1 aromatic carbocycles. The Hall–Kier alpha value is -3.04. The Morgan fingerprint density at radius 3 is 2.33 bits per heavy atom. The maximum atomic E-state index is 12.8. The van der Waals surface area contributed by atoms with Crippen LogP contribution in [-0.4, -0.2) is 66.4 Å². The molecule has 3 heterocycles. The SMILES string of the molecule is O=C(c1ccccc1OC(F)(F)F)N1CCN(c2ccnc(N3CCCC3)n2)CC1. The first-order chi connectivity index (χ1) is 14.4. The molecule has 2 saturated heterocycles. The third kappa shape index (κ3) is 4.58. The molecule has 2 aromatic rings. The van der Waals surface area contributed by atoms with E-state index < -0.39 is 18.0 Å². The van der Waals surface area contributed by atoms with Gasteiger partial charge in [-0.15, -0.1) is 13.2 Å². The number of carbonyl (C=O) groups is 1.